The van der Waals surface area contributed by atoms with E-state index in [-0.39, 0.29) is 6.04 Å². The lowest BCUT2D eigenvalue weighted by Gasteiger charge is -2.39. The SMILES string of the molecule is CCCC(C(N)=S)N1CCN(CC(C)OC)CC1. The summed E-state index contributed by atoms with van der Waals surface area (Å²) in [5.41, 5.74) is 5.85. The van der Waals surface area contributed by atoms with Crippen LogP contribution in [0.25, 0.3) is 0 Å². The van der Waals surface area contributed by atoms with Gasteiger partial charge in [-0.25, -0.2) is 0 Å². The predicted molar refractivity (Wildman–Crippen MR) is 80.0 cm³/mol. The summed E-state index contributed by atoms with van der Waals surface area (Å²) in [7, 11) is 1.77. The minimum Gasteiger partial charge on any atom is -0.392 e. The topological polar surface area (TPSA) is 41.7 Å². The second kappa shape index (κ2) is 8.04. The molecule has 18 heavy (non-hydrogen) atoms. The van der Waals surface area contributed by atoms with Crippen LogP contribution in [0.1, 0.15) is 26.7 Å². The van der Waals surface area contributed by atoms with Crippen LogP contribution in [-0.2, 0) is 4.74 Å². The summed E-state index contributed by atoms with van der Waals surface area (Å²) in [6.07, 6.45) is 2.51. The lowest BCUT2D eigenvalue weighted by Crippen LogP contribution is -2.54. The van der Waals surface area contributed by atoms with Gasteiger partial charge in [-0.3, -0.25) is 9.80 Å². The lowest BCUT2D eigenvalue weighted by molar-refractivity contribution is 0.0478. The van der Waals surface area contributed by atoms with Crippen LogP contribution < -0.4 is 5.73 Å². The number of methoxy groups -OCH3 is 1. The van der Waals surface area contributed by atoms with Gasteiger partial charge in [0.25, 0.3) is 0 Å². The van der Waals surface area contributed by atoms with Crippen LogP contribution in [0.2, 0.25) is 0 Å². The molecule has 1 saturated heterocycles. The van der Waals surface area contributed by atoms with Crippen molar-refractivity contribution in [1.82, 2.24) is 9.80 Å². The van der Waals surface area contributed by atoms with Crippen molar-refractivity contribution >= 4 is 17.2 Å². The molecule has 1 fully saturated rings. The molecule has 2 unspecified atom stereocenters. The molecule has 0 saturated carbocycles. The molecular weight excluding hydrogens is 246 g/mol. The molecule has 0 spiro atoms. The van der Waals surface area contributed by atoms with Crippen molar-refractivity contribution in [3.8, 4) is 0 Å². The van der Waals surface area contributed by atoms with E-state index in [1.165, 1.54) is 0 Å². The van der Waals surface area contributed by atoms with E-state index in [0.29, 0.717) is 11.1 Å². The fraction of sp³-hybridized carbons (Fsp3) is 0.923. The van der Waals surface area contributed by atoms with Gasteiger partial charge in [0.2, 0.25) is 0 Å². The Balaban J connectivity index is 2.39. The quantitative estimate of drug-likeness (QED) is 0.703. The van der Waals surface area contributed by atoms with Crippen molar-refractivity contribution in [3.63, 3.8) is 0 Å². The molecule has 0 bridgehead atoms. The monoisotopic (exact) mass is 273 g/mol. The molecule has 1 aliphatic rings. The average Bonchev–Trinajstić information content (AvgIpc) is 2.36. The fourth-order valence-electron chi connectivity index (χ4n) is 2.47. The van der Waals surface area contributed by atoms with E-state index in [4.69, 9.17) is 22.7 Å². The summed E-state index contributed by atoms with van der Waals surface area (Å²) >= 11 is 5.18. The molecule has 5 heteroatoms. The first-order chi connectivity index (χ1) is 8.58. The molecule has 0 aromatic rings. The van der Waals surface area contributed by atoms with Crippen molar-refractivity contribution in [2.24, 2.45) is 5.73 Å². The maximum absolute atomic E-state index is 5.85. The standard InChI is InChI=1S/C13H27N3OS/c1-4-5-12(13(14)18)16-8-6-15(7-9-16)10-11(2)17-3/h11-12H,4-10H2,1-3H3,(H2,14,18). The van der Waals surface area contributed by atoms with Crippen molar-refractivity contribution in [2.45, 2.75) is 38.8 Å². The molecule has 0 aromatic carbocycles. The largest absolute Gasteiger partial charge is 0.392 e. The highest BCUT2D eigenvalue weighted by atomic mass is 32.1. The van der Waals surface area contributed by atoms with Gasteiger partial charge in [-0.15, -0.1) is 0 Å². The number of rotatable bonds is 7. The van der Waals surface area contributed by atoms with Crippen LogP contribution in [0.15, 0.2) is 0 Å². The number of ether oxygens (including phenoxy) is 1. The number of hydrogen-bond donors (Lipinski definition) is 1. The fourth-order valence-corrected chi connectivity index (χ4v) is 2.74. The molecule has 2 N–H and O–H groups in total. The average molecular weight is 273 g/mol. The second-order valence-electron chi connectivity index (χ2n) is 5.09. The highest BCUT2D eigenvalue weighted by Gasteiger charge is 2.25. The Labute approximate surface area is 116 Å². The van der Waals surface area contributed by atoms with E-state index in [9.17, 15) is 0 Å². The highest BCUT2D eigenvalue weighted by molar-refractivity contribution is 7.80. The Bertz CT molecular complexity index is 255. The zero-order valence-corrected chi connectivity index (χ0v) is 12.7. The van der Waals surface area contributed by atoms with Crippen LogP contribution >= 0.6 is 12.2 Å². The third kappa shape index (κ3) is 4.80. The van der Waals surface area contributed by atoms with Gasteiger partial charge in [0.1, 0.15) is 0 Å². The molecule has 2 atom stereocenters. The van der Waals surface area contributed by atoms with E-state index in [0.717, 1.165) is 45.6 Å². The molecule has 1 rings (SSSR count). The van der Waals surface area contributed by atoms with E-state index in [2.05, 4.69) is 23.6 Å². The lowest BCUT2D eigenvalue weighted by atomic mass is 10.1. The van der Waals surface area contributed by atoms with Crippen molar-refractivity contribution < 1.29 is 4.74 Å². The maximum Gasteiger partial charge on any atom is 0.0902 e. The minimum absolute atomic E-state index is 0.284. The Morgan fingerprint density at radius 3 is 2.39 bits per heavy atom. The third-order valence-electron chi connectivity index (χ3n) is 3.66. The molecule has 4 nitrogen and oxygen atoms in total. The Morgan fingerprint density at radius 1 is 1.33 bits per heavy atom. The summed E-state index contributed by atoms with van der Waals surface area (Å²) in [6, 6.07) is 0.284. The van der Waals surface area contributed by atoms with Gasteiger partial charge < -0.3 is 10.5 Å². The first kappa shape index (κ1) is 15.8. The van der Waals surface area contributed by atoms with Crippen LogP contribution in [0.5, 0.6) is 0 Å². The van der Waals surface area contributed by atoms with Crippen LogP contribution in [0.4, 0.5) is 0 Å². The van der Waals surface area contributed by atoms with Gasteiger partial charge in [-0.05, 0) is 13.3 Å². The molecule has 0 aromatic heterocycles. The number of nitrogens with zero attached hydrogens (tertiary/aromatic N) is 2. The van der Waals surface area contributed by atoms with E-state index >= 15 is 0 Å². The Morgan fingerprint density at radius 2 is 1.94 bits per heavy atom. The highest BCUT2D eigenvalue weighted by Crippen LogP contribution is 2.12. The van der Waals surface area contributed by atoms with Gasteiger partial charge in [-0.1, -0.05) is 25.6 Å². The second-order valence-corrected chi connectivity index (χ2v) is 5.56. The van der Waals surface area contributed by atoms with Crippen LogP contribution in [0, 0.1) is 0 Å². The summed E-state index contributed by atoms with van der Waals surface area (Å²) < 4.78 is 5.31. The van der Waals surface area contributed by atoms with Crippen LogP contribution in [0.3, 0.4) is 0 Å². The zero-order valence-electron chi connectivity index (χ0n) is 11.9. The van der Waals surface area contributed by atoms with Gasteiger partial charge in [0.15, 0.2) is 0 Å². The summed E-state index contributed by atoms with van der Waals surface area (Å²) in [4.78, 5) is 5.53. The molecule has 1 heterocycles. The maximum atomic E-state index is 5.85. The molecular formula is C13H27N3OS. The number of nitrogens with two attached hydrogens (primary N) is 1. The molecule has 0 radical (unpaired) electrons. The summed E-state index contributed by atoms with van der Waals surface area (Å²) in [5.74, 6) is 0. The Hall–Kier alpha value is -0.230. The molecule has 1 aliphatic heterocycles. The summed E-state index contributed by atoms with van der Waals surface area (Å²) in [5, 5.41) is 0. The van der Waals surface area contributed by atoms with Crippen molar-refractivity contribution in [3.05, 3.63) is 0 Å². The van der Waals surface area contributed by atoms with E-state index < -0.39 is 0 Å². The Kier molecular flexibility index (Phi) is 7.07. The first-order valence-electron chi connectivity index (χ1n) is 6.87. The van der Waals surface area contributed by atoms with Crippen molar-refractivity contribution in [1.29, 1.82) is 0 Å². The summed E-state index contributed by atoms with van der Waals surface area (Å²) in [6.45, 7) is 9.57. The van der Waals surface area contributed by atoms with Gasteiger partial charge in [-0.2, -0.15) is 0 Å². The molecule has 106 valence electrons. The number of hydrogen-bond acceptors (Lipinski definition) is 4. The first-order valence-corrected chi connectivity index (χ1v) is 7.27. The van der Waals surface area contributed by atoms with E-state index in [1.807, 2.05) is 0 Å². The smallest absolute Gasteiger partial charge is 0.0902 e. The number of thiocarbonyl (C=S) groups is 1. The van der Waals surface area contributed by atoms with E-state index in [1.54, 1.807) is 7.11 Å². The predicted octanol–water partition coefficient (Wildman–Crippen LogP) is 1.09. The number of piperazine rings is 1. The normalized spacial score (nSPS) is 21.7. The van der Waals surface area contributed by atoms with Crippen LogP contribution in [-0.4, -0.2) is 66.8 Å². The van der Waals surface area contributed by atoms with Crippen molar-refractivity contribution in [2.75, 3.05) is 39.8 Å². The van der Waals surface area contributed by atoms with Gasteiger partial charge >= 0.3 is 0 Å². The third-order valence-corrected chi connectivity index (χ3v) is 3.93. The van der Waals surface area contributed by atoms with Gasteiger partial charge in [0, 0.05) is 39.8 Å². The molecule has 0 aliphatic carbocycles. The zero-order chi connectivity index (χ0) is 13.5. The molecule has 0 amide bonds. The minimum atomic E-state index is 0.284. The van der Waals surface area contributed by atoms with Gasteiger partial charge in [0.05, 0.1) is 17.1 Å².